The Morgan fingerprint density at radius 1 is 1.23 bits per heavy atom. The van der Waals surface area contributed by atoms with Crippen LogP contribution in [0.3, 0.4) is 0 Å². The van der Waals surface area contributed by atoms with E-state index in [9.17, 15) is 9.59 Å². The molecule has 1 aliphatic carbocycles. The molecule has 0 unspecified atom stereocenters. The fourth-order valence-corrected chi connectivity index (χ4v) is 1.38. The first-order valence-electron chi connectivity index (χ1n) is 3.77. The van der Waals surface area contributed by atoms with Crippen LogP contribution < -0.4 is 0 Å². The maximum atomic E-state index is 10.7. The molecule has 3 nitrogen and oxygen atoms in total. The summed E-state index contributed by atoms with van der Waals surface area (Å²) in [7, 11) is 0. The number of carbonyl (C=O) groups is 2. The van der Waals surface area contributed by atoms with Crippen molar-refractivity contribution < 1.29 is 14.7 Å². The number of rotatable bonds is 2. The third-order valence-electron chi connectivity index (χ3n) is 2.09. The lowest BCUT2D eigenvalue weighted by molar-refractivity contribution is 0.0696. The largest absolute Gasteiger partial charge is 0.478 e. The first-order valence-corrected chi connectivity index (χ1v) is 3.77. The van der Waals surface area contributed by atoms with E-state index in [0.717, 1.165) is 11.8 Å². The Kier molecular flexibility index (Phi) is 1.52. The summed E-state index contributed by atoms with van der Waals surface area (Å²) in [5, 5.41) is 8.77. The van der Waals surface area contributed by atoms with Crippen molar-refractivity contribution >= 4 is 24.4 Å². The molecule has 0 aromatic heterocycles. The van der Waals surface area contributed by atoms with E-state index in [2.05, 4.69) is 0 Å². The molecule has 0 atom stereocenters. The van der Waals surface area contributed by atoms with Gasteiger partial charge in [-0.2, -0.15) is 0 Å². The van der Waals surface area contributed by atoms with Crippen LogP contribution in [0.1, 0.15) is 31.8 Å². The van der Waals surface area contributed by atoms with Crippen LogP contribution in [0.25, 0.3) is 12.2 Å². The van der Waals surface area contributed by atoms with Crippen LogP contribution in [-0.4, -0.2) is 17.4 Å². The second kappa shape index (κ2) is 2.55. The lowest BCUT2D eigenvalue weighted by atomic mass is 9.89. The molecule has 0 amide bonds. The number of carbonyl (C=O) groups excluding carboxylic acids is 1. The molecule has 1 aliphatic rings. The van der Waals surface area contributed by atoms with Gasteiger partial charge in [0.15, 0.2) is 6.29 Å². The summed E-state index contributed by atoms with van der Waals surface area (Å²) in [4.78, 5) is 21.2. The van der Waals surface area contributed by atoms with Crippen LogP contribution in [-0.2, 0) is 0 Å². The summed E-state index contributed by atoms with van der Waals surface area (Å²) in [5.74, 6) is -0.960. The predicted octanol–water partition coefficient (Wildman–Crippen LogP) is 1.68. The molecule has 64 valence electrons. The van der Waals surface area contributed by atoms with Crippen LogP contribution in [0.2, 0.25) is 0 Å². The van der Waals surface area contributed by atoms with Gasteiger partial charge in [-0.3, -0.25) is 4.79 Å². The molecule has 0 heterocycles. The Hall–Kier alpha value is -1.90. The molecule has 0 bridgehead atoms. The maximum Gasteiger partial charge on any atom is 0.336 e. The molecule has 0 saturated heterocycles. The number of aromatic carboxylic acids is 1. The van der Waals surface area contributed by atoms with Gasteiger partial charge >= 0.3 is 5.97 Å². The van der Waals surface area contributed by atoms with Gasteiger partial charge in [0, 0.05) is 5.56 Å². The van der Waals surface area contributed by atoms with Crippen LogP contribution >= 0.6 is 0 Å². The van der Waals surface area contributed by atoms with Gasteiger partial charge in [0.2, 0.25) is 0 Å². The first-order chi connectivity index (χ1) is 6.24. The minimum atomic E-state index is -0.960. The summed E-state index contributed by atoms with van der Waals surface area (Å²) in [6.45, 7) is 0. The number of carboxylic acid groups (broad SMARTS) is 1. The maximum absolute atomic E-state index is 10.7. The van der Waals surface area contributed by atoms with Crippen molar-refractivity contribution in [3.63, 3.8) is 0 Å². The molecule has 0 saturated carbocycles. The Morgan fingerprint density at radius 3 is 2.38 bits per heavy atom. The highest BCUT2D eigenvalue weighted by Crippen LogP contribution is 2.29. The average Bonchev–Trinajstić information content (AvgIpc) is 2.05. The van der Waals surface area contributed by atoms with Crippen LogP contribution in [0.15, 0.2) is 12.1 Å². The van der Waals surface area contributed by atoms with Gasteiger partial charge in [-0.1, -0.05) is 18.2 Å². The monoisotopic (exact) mass is 174 g/mol. The summed E-state index contributed by atoms with van der Waals surface area (Å²) < 4.78 is 0. The zero-order valence-corrected chi connectivity index (χ0v) is 6.65. The average molecular weight is 174 g/mol. The highest BCUT2D eigenvalue weighted by Gasteiger charge is 2.18. The topological polar surface area (TPSA) is 54.4 Å². The Bertz CT molecular complexity index is 430. The molecule has 13 heavy (non-hydrogen) atoms. The van der Waals surface area contributed by atoms with E-state index in [-0.39, 0.29) is 5.56 Å². The lowest BCUT2D eigenvalue weighted by Crippen LogP contribution is -2.06. The molecule has 1 N–H and O–H groups in total. The van der Waals surface area contributed by atoms with Gasteiger partial charge in [-0.25, -0.2) is 4.79 Å². The van der Waals surface area contributed by atoms with E-state index in [1.807, 2.05) is 0 Å². The van der Waals surface area contributed by atoms with E-state index < -0.39 is 5.97 Å². The van der Waals surface area contributed by atoms with E-state index in [1.165, 1.54) is 12.1 Å². The number of carboxylic acids is 1. The highest BCUT2D eigenvalue weighted by atomic mass is 16.4. The van der Waals surface area contributed by atoms with E-state index in [4.69, 9.17) is 5.11 Å². The zero-order chi connectivity index (χ0) is 9.42. The number of fused-ring (bicyclic) bond motifs is 1. The third-order valence-corrected chi connectivity index (χ3v) is 2.09. The van der Waals surface area contributed by atoms with Gasteiger partial charge < -0.3 is 5.11 Å². The number of hydrogen-bond acceptors (Lipinski definition) is 2. The molecule has 0 spiro atoms. The van der Waals surface area contributed by atoms with Crippen molar-refractivity contribution in [3.8, 4) is 0 Å². The van der Waals surface area contributed by atoms with Gasteiger partial charge in [0.05, 0.1) is 5.56 Å². The fraction of sp³-hybridized carbons (Fsp3) is 0. The van der Waals surface area contributed by atoms with E-state index >= 15 is 0 Å². The summed E-state index contributed by atoms with van der Waals surface area (Å²) in [6, 6.07) is 2.98. The predicted molar refractivity (Wildman–Crippen MR) is 47.7 cm³/mol. The molecule has 1 aromatic carbocycles. The van der Waals surface area contributed by atoms with Gasteiger partial charge in [-0.05, 0) is 17.2 Å². The fourth-order valence-electron chi connectivity index (χ4n) is 1.38. The van der Waals surface area contributed by atoms with Crippen molar-refractivity contribution in [2.45, 2.75) is 0 Å². The summed E-state index contributed by atoms with van der Waals surface area (Å²) in [5.41, 5.74) is 2.18. The molecule has 0 radical (unpaired) electrons. The summed E-state index contributed by atoms with van der Waals surface area (Å²) in [6.07, 6.45) is 4.17. The minimum absolute atomic E-state index is 0.253. The van der Waals surface area contributed by atoms with Crippen LogP contribution in [0.4, 0.5) is 0 Å². The Balaban J connectivity index is 2.63. The van der Waals surface area contributed by atoms with E-state index in [1.54, 1.807) is 12.2 Å². The van der Waals surface area contributed by atoms with Crippen LogP contribution in [0.5, 0.6) is 0 Å². The molecular formula is C10H6O3. The molecular weight excluding hydrogens is 168 g/mol. The second-order valence-corrected chi connectivity index (χ2v) is 2.79. The SMILES string of the molecule is O=Cc1ccc(C(=O)O)c2c1C=C2. The molecule has 1 aromatic rings. The molecule has 0 fully saturated rings. The van der Waals surface area contributed by atoms with Crippen molar-refractivity contribution in [2.75, 3.05) is 0 Å². The minimum Gasteiger partial charge on any atom is -0.478 e. The first kappa shape index (κ1) is 7.73. The standard InChI is InChI=1S/C10H6O3/c11-5-6-1-2-9(10(12)13)8-4-3-7(6)8/h1-5H,(H,12,13). The smallest absolute Gasteiger partial charge is 0.336 e. The lowest BCUT2D eigenvalue weighted by Gasteiger charge is -2.14. The number of hydrogen-bond donors (Lipinski definition) is 1. The quantitative estimate of drug-likeness (QED) is 0.704. The Morgan fingerprint density at radius 2 is 1.92 bits per heavy atom. The van der Waals surface area contributed by atoms with Gasteiger partial charge in [-0.15, -0.1) is 0 Å². The molecule has 3 heteroatoms. The Labute approximate surface area is 74.3 Å². The summed E-state index contributed by atoms with van der Waals surface area (Å²) >= 11 is 0. The van der Waals surface area contributed by atoms with Gasteiger partial charge in [0.25, 0.3) is 0 Å². The normalized spacial score (nSPS) is 11.7. The van der Waals surface area contributed by atoms with Crippen molar-refractivity contribution in [1.82, 2.24) is 0 Å². The number of aldehydes is 1. The van der Waals surface area contributed by atoms with Crippen molar-refractivity contribution in [3.05, 3.63) is 34.4 Å². The zero-order valence-electron chi connectivity index (χ0n) is 6.65. The second-order valence-electron chi connectivity index (χ2n) is 2.79. The van der Waals surface area contributed by atoms with E-state index in [0.29, 0.717) is 11.1 Å². The number of benzene rings is 1. The molecule has 0 aliphatic heterocycles. The van der Waals surface area contributed by atoms with Crippen LogP contribution in [0, 0.1) is 0 Å². The van der Waals surface area contributed by atoms with Crippen molar-refractivity contribution in [2.24, 2.45) is 0 Å². The molecule has 2 rings (SSSR count). The van der Waals surface area contributed by atoms with Crippen molar-refractivity contribution in [1.29, 1.82) is 0 Å². The van der Waals surface area contributed by atoms with Gasteiger partial charge in [0.1, 0.15) is 0 Å². The third kappa shape index (κ3) is 0.973. The highest BCUT2D eigenvalue weighted by molar-refractivity contribution is 6.03.